The molecule has 0 bridgehead atoms. The number of rotatable bonds is 2. The van der Waals surface area contributed by atoms with Gasteiger partial charge in [0, 0.05) is 12.4 Å². The standard InChI is InChI=1S/C8H6N2O2S/c11-8(12)6-2-1-5(13-6)7-9-3-4-10-7/h1-4H,(H,9,10)(H,11,12). The molecule has 0 amide bonds. The van der Waals surface area contributed by atoms with Crippen LogP contribution in [0.5, 0.6) is 0 Å². The summed E-state index contributed by atoms with van der Waals surface area (Å²) in [7, 11) is 0. The minimum absolute atomic E-state index is 0.325. The van der Waals surface area contributed by atoms with Crippen molar-refractivity contribution >= 4 is 17.3 Å². The number of hydrogen-bond acceptors (Lipinski definition) is 3. The maximum atomic E-state index is 10.6. The maximum Gasteiger partial charge on any atom is 0.345 e. The number of imidazole rings is 1. The molecule has 0 aliphatic heterocycles. The van der Waals surface area contributed by atoms with Crippen molar-refractivity contribution < 1.29 is 9.90 Å². The fourth-order valence-electron chi connectivity index (χ4n) is 0.980. The molecule has 0 unspecified atom stereocenters. The van der Waals surface area contributed by atoms with Crippen molar-refractivity contribution in [3.8, 4) is 10.7 Å². The number of H-pyrrole nitrogens is 1. The molecule has 2 aromatic rings. The number of carboxylic acids is 1. The number of nitrogens with zero attached hydrogens (tertiary/aromatic N) is 1. The normalized spacial score (nSPS) is 10.2. The summed E-state index contributed by atoms with van der Waals surface area (Å²) in [5, 5.41) is 8.68. The van der Waals surface area contributed by atoms with Crippen molar-refractivity contribution in [1.82, 2.24) is 9.97 Å². The topological polar surface area (TPSA) is 66.0 Å². The van der Waals surface area contributed by atoms with E-state index in [9.17, 15) is 4.79 Å². The molecule has 0 saturated heterocycles. The van der Waals surface area contributed by atoms with Crippen LogP contribution in [0.3, 0.4) is 0 Å². The van der Waals surface area contributed by atoms with Crippen LogP contribution in [0.25, 0.3) is 10.7 Å². The Labute approximate surface area is 77.9 Å². The first-order chi connectivity index (χ1) is 6.27. The Kier molecular flexibility index (Phi) is 1.86. The molecule has 0 fully saturated rings. The van der Waals surface area contributed by atoms with E-state index in [0.29, 0.717) is 10.7 Å². The number of aromatic amines is 1. The highest BCUT2D eigenvalue weighted by Gasteiger charge is 2.08. The van der Waals surface area contributed by atoms with E-state index in [1.54, 1.807) is 24.5 Å². The Morgan fingerprint density at radius 2 is 2.38 bits per heavy atom. The number of hydrogen-bond donors (Lipinski definition) is 2. The number of nitrogens with one attached hydrogen (secondary N) is 1. The summed E-state index contributed by atoms with van der Waals surface area (Å²) in [6.45, 7) is 0. The quantitative estimate of drug-likeness (QED) is 0.766. The molecule has 0 atom stereocenters. The Bertz CT molecular complexity index is 419. The van der Waals surface area contributed by atoms with E-state index in [1.165, 1.54) is 11.3 Å². The van der Waals surface area contributed by atoms with Gasteiger partial charge in [0.15, 0.2) is 0 Å². The molecule has 0 saturated carbocycles. The predicted molar refractivity (Wildman–Crippen MR) is 48.9 cm³/mol. The molecular weight excluding hydrogens is 188 g/mol. The Balaban J connectivity index is 2.39. The summed E-state index contributed by atoms with van der Waals surface area (Å²) in [6.07, 6.45) is 3.34. The molecule has 66 valence electrons. The highest BCUT2D eigenvalue weighted by molar-refractivity contribution is 7.17. The van der Waals surface area contributed by atoms with Crippen molar-refractivity contribution in [2.45, 2.75) is 0 Å². The molecule has 0 aliphatic carbocycles. The van der Waals surface area contributed by atoms with E-state index in [-0.39, 0.29) is 0 Å². The lowest BCUT2D eigenvalue weighted by molar-refractivity contribution is 0.0702. The van der Waals surface area contributed by atoms with E-state index in [2.05, 4.69) is 9.97 Å². The third-order valence-corrected chi connectivity index (χ3v) is 2.63. The van der Waals surface area contributed by atoms with Crippen LogP contribution in [0.1, 0.15) is 9.67 Å². The highest BCUT2D eigenvalue weighted by Crippen LogP contribution is 2.24. The number of thiophene rings is 1. The zero-order valence-electron chi connectivity index (χ0n) is 6.52. The largest absolute Gasteiger partial charge is 0.477 e. The molecule has 2 heterocycles. The van der Waals surface area contributed by atoms with E-state index in [4.69, 9.17) is 5.11 Å². The van der Waals surface area contributed by atoms with Gasteiger partial charge in [-0.15, -0.1) is 11.3 Å². The molecule has 13 heavy (non-hydrogen) atoms. The van der Waals surface area contributed by atoms with Gasteiger partial charge in [-0.3, -0.25) is 0 Å². The second-order valence-corrected chi connectivity index (χ2v) is 3.49. The number of carbonyl (C=O) groups is 1. The first kappa shape index (κ1) is 8.00. The van der Waals surface area contributed by atoms with Crippen LogP contribution >= 0.6 is 11.3 Å². The SMILES string of the molecule is O=C(O)c1ccc(-c2ncc[nH]2)s1. The Morgan fingerprint density at radius 3 is 2.92 bits per heavy atom. The zero-order chi connectivity index (χ0) is 9.26. The molecular formula is C8H6N2O2S. The Morgan fingerprint density at radius 1 is 1.54 bits per heavy atom. The fourth-order valence-corrected chi connectivity index (χ4v) is 1.78. The van der Waals surface area contributed by atoms with Crippen LogP contribution in [0.15, 0.2) is 24.5 Å². The van der Waals surface area contributed by atoms with Gasteiger partial charge in [0.2, 0.25) is 0 Å². The van der Waals surface area contributed by atoms with Crippen molar-refractivity contribution in [1.29, 1.82) is 0 Å². The van der Waals surface area contributed by atoms with Gasteiger partial charge in [-0.1, -0.05) is 0 Å². The average Bonchev–Trinajstić information content (AvgIpc) is 2.75. The van der Waals surface area contributed by atoms with E-state index in [1.807, 2.05) is 0 Å². The van der Waals surface area contributed by atoms with Crippen molar-refractivity contribution in [3.05, 3.63) is 29.4 Å². The van der Waals surface area contributed by atoms with Gasteiger partial charge < -0.3 is 10.1 Å². The molecule has 0 spiro atoms. The summed E-state index contributed by atoms with van der Waals surface area (Å²) >= 11 is 1.21. The third-order valence-electron chi connectivity index (χ3n) is 1.55. The van der Waals surface area contributed by atoms with Crippen LogP contribution in [0.4, 0.5) is 0 Å². The highest BCUT2D eigenvalue weighted by atomic mass is 32.1. The molecule has 4 nitrogen and oxygen atoms in total. The van der Waals surface area contributed by atoms with E-state index in [0.717, 1.165) is 4.88 Å². The van der Waals surface area contributed by atoms with Gasteiger partial charge in [-0.05, 0) is 12.1 Å². The van der Waals surface area contributed by atoms with Gasteiger partial charge in [0.25, 0.3) is 0 Å². The second-order valence-electron chi connectivity index (χ2n) is 2.41. The fraction of sp³-hybridized carbons (Fsp3) is 0. The maximum absolute atomic E-state index is 10.6. The van der Waals surface area contributed by atoms with Crippen molar-refractivity contribution in [3.63, 3.8) is 0 Å². The van der Waals surface area contributed by atoms with Crippen LogP contribution in [0, 0.1) is 0 Å². The molecule has 2 aromatic heterocycles. The number of aromatic nitrogens is 2. The monoisotopic (exact) mass is 194 g/mol. The van der Waals surface area contributed by atoms with Gasteiger partial charge in [0.1, 0.15) is 10.7 Å². The lowest BCUT2D eigenvalue weighted by Crippen LogP contribution is -1.89. The second kappa shape index (κ2) is 3.02. The summed E-state index contributed by atoms with van der Waals surface area (Å²) in [5.41, 5.74) is 0. The van der Waals surface area contributed by atoms with E-state index >= 15 is 0 Å². The summed E-state index contributed by atoms with van der Waals surface area (Å²) < 4.78 is 0. The Hall–Kier alpha value is -1.62. The number of aromatic carboxylic acids is 1. The lowest BCUT2D eigenvalue weighted by atomic mass is 10.4. The molecule has 0 aliphatic rings. The minimum atomic E-state index is -0.900. The first-order valence-corrected chi connectivity index (χ1v) is 4.42. The smallest absolute Gasteiger partial charge is 0.345 e. The lowest BCUT2D eigenvalue weighted by Gasteiger charge is -1.87. The van der Waals surface area contributed by atoms with Gasteiger partial charge in [-0.25, -0.2) is 9.78 Å². The predicted octanol–water partition coefficient (Wildman–Crippen LogP) is 1.84. The van der Waals surface area contributed by atoms with Crippen LogP contribution in [0.2, 0.25) is 0 Å². The molecule has 2 N–H and O–H groups in total. The van der Waals surface area contributed by atoms with Crippen LogP contribution in [-0.2, 0) is 0 Å². The zero-order valence-corrected chi connectivity index (χ0v) is 7.34. The van der Waals surface area contributed by atoms with Crippen molar-refractivity contribution in [2.75, 3.05) is 0 Å². The molecule has 2 rings (SSSR count). The molecule has 5 heteroatoms. The van der Waals surface area contributed by atoms with Gasteiger partial charge >= 0.3 is 5.97 Å². The van der Waals surface area contributed by atoms with Crippen molar-refractivity contribution in [2.24, 2.45) is 0 Å². The average molecular weight is 194 g/mol. The van der Waals surface area contributed by atoms with Gasteiger partial charge in [-0.2, -0.15) is 0 Å². The minimum Gasteiger partial charge on any atom is -0.477 e. The molecule has 0 aromatic carbocycles. The van der Waals surface area contributed by atoms with E-state index < -0.39 is 5.97 Å². The first-order valence-electron chi connectivity index (χ1n) is 3.60. The summed E-state index contributed by atoms with van der Waals surface area (Å²) in [5.74, 6) is -0.194. The summed E-state index contributed by atoms with van der Waals surface area (Å²) in [4.78, 5) is 18.7. The van der Waals surface area contributed by atoms with Crippen LogP contribution < -0.4 is 0 Å². The van der Waals surface area contributed by atoms with Crippen LogP contribution in [-0.4, -0.2) is 21.0 Å². The number of carboxylic acid groups (broad SMARTS) is 1. The van der Waals surface area contributed by atoms with Gasteiger partial charge in [0.05, 0.1) is 4.88 Å². The summed E-state index contributed by atoms with van der Waals surface area (Å²) in [6, 6.07) is 3.32. The third kappa shape index (κ3) is 1.46. The molecule has 0 radical (unpaired) electrons.